The van der Waals surface area contributed by atoms with Gasteiger partial charge in [0.1, 0.15) is 5.75 Å². The molecule has 0 saturated heterocycles. The van der Waals surface area contributed by atoms with E-state index in [2.05, 4.69) is 19.2 Å². The minimum absolute atomic E-state index is 0.115. The average molecular weight is 221 g/mol. The molecular weight excluding hydrogens is 202 g/mol. The quantitative estimate of drug-likeness (QED) is 0.821. The molecule has 1 aromatic carbocycles. The zero-order valence-corrected chi connectivity index (χ0v) is 10.0. The highest BCUT2D eigenvalue weighted by Gasteiger charge is 2.14. The summed E-state index contributed by atoms with van der Waals surface area (Å²) in [5.74, 6) is 0.425. The van der Waals surface area contributed by atoms with Crippen LogP contribution in [0.15, 0.2) is 24.3 Å². The molecule has 2 atom stereocenters. The molecule has 3 nitrogen and oxygen atoms in total. The van der Waals surface area contributed by atoms with E-state index in [1.807, 2.05) is 6.92 Å². The lowest BCUT2D eigenvalue weighted by Gasteiger charge is -2.19. The Morgan fingerprint density at radius 3 is 2.69 bits per heavy atom. The average Bonchev–Trinajstić information content (AvgIpc) is 2.27. The molecule has 0 fully saturated rings. The second kappa shape index (κ2) is 5.54. The van der Waals surface area contributed by atoms with Crippen molar-refractivity contribution in [2.24, 2.45) is 5.92 Å². The lowest BCUT2D eigenvalue weighted by Crippen LogP contribution is -2.36. The fraction of sp³-hybridized carbons (Fsp3) is 0.462. The molecule has 16 heavy (non-hydrogen) atoms. The molecule has 0 bridgehead atoms. The first kappa shape index (κ1) is 12.6. The van der Waals surface area contributed by atoms with Crippen LogP contribution in [0.25, 0.3) is 0 Å². The molecule has 1 amide bonds. The van der Waals surface area contributed by atoms with Crippen LogP contribution in [0.3, 0.4) is 0 Å². The predicted octanol–water partition coefficient (Wildman–Crippen LogP) is 2.56. The van der Waals surface area contributed by atoms with Gasteiger partial charge in [0.25, 0.3) is 5.91 Å². The monoisotopic (exact) mass is 221 g/mol. The van der Waals surface area contributed by atoms with Crippen molar-refractivity contribution in [1.82, 2.24) is 5.32 Å². The SMILES string of the molecule is CCC(C)C(C)NC(=O)c1cccc(O)c1. The summed E-state index contributed by atoms with van der Waals surface area (Å²) in [6.45, 7) is 6.20. The second-order valence-electron chi connectivity index (χ2n) is 4.20. The van der Waals surface area contributed by atoms with Gasteiger partial charge in [-0.1, -0.05) is 26.3 Å². The van der Waals surface area contributed by atoms with Gasteiger partial charge in [0.05, 0.1) is 0 Å². The first-order valence-electron chi connectivity index (χ1n) is 5.64. The molecule has 0 heterocycles. The normalized spacial score (nSPS) is 14.2. The van der Waals surface area contributed by atoms with Crippen LogP contribution in [0.5, 0.6) is 5.75 Å². The molecule has 0 spiro atoms. The Morgan fingerprint density at radius 2 is 2.12 bits per heavy atom. The first-order chi connectivity index (χ1) is 7.54. The first-order valence-corrected chi connectivity index (χ1v) is 5.64. The third kappa shape index (κ3) is 3.26. The van der Waals surface area contributed by atoms with Crippen LogP contribution in [-0.2, 0) is 0 Å². The Kier molecular flexibility index (Phi) is 4.35. The zero-order chi connectivity index (χ0) is 12.1. The number of benzene rings is 1. The summed E-state index contributed by atoms with van der Waals surface area (Å²) in [6, 6.07) is 6.52. The van der Waals surface area contributed by atoms with Gasteiger partial charge in [-0.2, -0.15) is 0 Å². The third-order valence-corrected chi connectivity index (χ3v) is 2.96. The van der Waals surface area contributed by atoms with Gasteiger partial charge in [-0.05, 0) is 31.0 Å². The van der Waals surface area contributed by atoms with E-state index in [0.717, 1.165) is 6.42 Å². The summed E-state index contributed by atoms with van der Waals surface area (Å²) in [5, 5.41) is 12.2. The van der Waals surface area contributed by atoms with Gasteiger partial charge in [-0.15, -0.1) is 0 Å². The van der Waals surface area contributed by atoms with Crippen molar-refractivity contribution in [3.63, 3.8) is 0 Å². The van der Waals surface area contributed by atoms with Crippen LogP contribution >= 0.6 is 0 Å². The number of nitrogens with one attached hydrogen (secondary N) is 1. The fourth-order valence-corrected chi connectivity index (χ4v) is 1.43. The maximum Gasteiger partial charge on any atom is 0.251 e. The number of phenolic OH excluding ortho intramolecular Hbond substituents is 1. The zero-order valence-electron chi connectivity index (χ0n) is 10.0. The highest BCUT2D eigenvalue weighted by Crippen LogP contribution is 2.12. The molecule has 1 rings (SSSR count). The smallest absolute Gasteiger partial charge is 0.251 e. The van der Waals surface area contributed by atoms with Crippen molar-refractivity contribution in [2.75, 3.05) is 0 Å². The van der Waals surface area contributed by atoms with Crippen LogP contribution in [0.2, 0.25) is 0 Å². The summed E-state index contributed by atoms with van der Waals surface area (Å²) in [7, 11) is 0. The number of phenols is 1. The van der Waals surface area contributed by atoms with E-state index in [1.54, 1.807) is 18.2 Å². The predicted molar refractivity (Wildman–Crippen MR) is 64.5 cm³/mol. The van der Waals surface area contributed by atoms with E-state index in [0.29, 0.717) is 11.5 Å². The number of carbonyl (C=O) groups is 1. The number of carbonyl (C=O) groups excluding carboxylic acids is 1. The van der Waals surface area contributed by atoms with Gasteiger partial charge in [-0.25, -0.2) is 0 Å². The molecule has 2 unspecified atom stereocenters. The highest BCUT2D eigenvalue weighted by molar-refractivity contribution is 5.94. The van der Waals surface area contributed by atoms with Gasteiger partial charge in [-0.3, -0.25) is 4.79 Å². The number of amides is 1. The Morgan fingerprint density at radius 1 is 1.44 bits per heavy atom. The molecule has 88 valence electrons. The van der Waals surface area contributed by atoms with Crippen LogP contribution in [-0.4, -0.2) is 17.1 Å². The van der Waals surface area contributed by atoms with E-state index >= 15 is 0 Å². The van der Waals surface area contributed by atoms with E-state index in [9.17, 15) is 9.90 Å². The molecule has 0 aliphatic heterocycles. The molecule has 0 aromatic heterocycles. The minimum atomic E-state index is -0.135. The van der Waals surface area contributed by atoms with Crippen LogP contribution < -0.4 is 5.32 Å². The molecular formula is C13H19NO2. The van der Waals surface area contributed by atoms with E-state index in [4.69, 9.17) is 0 Å². The largest absolute Gasteiger partial charge is 0.508 e. The number of aromatic hydroxyl groups is 1. The molecule has 2 N–H and O–H groups in total. The Bertz CT molecular complexity index is 363. The Hall–Kier alpha value is -1.51. The number of hydrogen-bond donors (Lipinski definition) is 2. The summed E-state index contributed by atoms with van der Waals surface area (Å²) in [5.41, 5.74) is 0.496. The summed E-state index contributed by atoms with van der Waals surface area (Å²) >= 11 is 0. The summed E-state index contributed by atoms with van der Waals surface area (Å²) < 4.78 is 0. The lowest BCUT2D eigenvalue weighted by molar-refractivity contribution is 0.0927. The van der Waals surface area contributed by atoms with Gasteiger partial charge < -0.3 is 10.4 Å². The van der Waals surface area contributed by atoms with Crippen molar-refractivity contribution in [3.05, 3.63) is 29.8 Å². The topological polar surface area (TPSA) is 49.3 Å². The van der Waals surface area contributed by atoms with Crippen molar-refractivity contribution in [3.8, 4) is 5.75 Å². The fourth-order valence-electron chi connectivity index (χ4n) is 1.43. The molecule has 3 heteroatoms. The van der Waals surface area contributed by atoms with Gasteiger partial charge >= 0.3 is 0 Å². The highest BCUT2D eigenvalue weighted by atomic mass is 16.3. The molecule has 0 aliphatic rings. The number of hydrogen-bond acceptors (Lipinski definition) is 2. The van der Waals surface area contributed by atoms with Crippen molar-refractivity contribution < 1.29 is 9.90 Å². The minimum Gasteiger partial charge on any atom is -0.508 e. The molecule has 0 aliphatic carbocycles. The van der Waals surface area contributed by atoms with E-state index in [-0.39, 0.29) is 17.7 Å². The maximum atomic E-state index is 11.8. The lowest BCUT2D eigenvalue weighted by atomic mass is 10.0. The summed E-state index contributed by atoms with van der Waals surface area (Å²) in [4.78, 5) is 11.8. The summed E-state index contributed by atoms with van der Waals surface area (Å²) in [6.07, 6.45) is 1.03. The van der Waals surface area contributed by atoms with Crippen molar-refractivity contribution >= 4 is 5.91 Å². The second-order valence-corrected chi connectivity index (χ2v) is 4.20. The maximum absolute atomic E-state index is 11.8. The van der Waals surface area contributed by atoms with Gasteiger partial charge in [0.2, 0.25) is 0 Å². The Balaban J connectivity index is 2.66. The molecule has 1 aromatic rings. The Labute approximate surface area is 96.5 Å². The van der Waals surface area contributed by atoms with Crippen LogP contribution in [0.4, 0.5) is 0 Å². The number of rotatable bonds is 4. The standard InChI is InChI=1S/C13H19NO2/c1-4-9(2)10(3)14-13(16)11-6-5-7-12(15)8-11/h5-10,15H,4H2,1-3H3,(H,14,16). The molecule has 0 saturated carbocycles. The third-order valence-electron chi connectivity index (χ3n) is 2.96. The van der Waals surface area contributed by atoms with Crippen LogP contribution in [0.1, 0.15) is 37.6 Å². The van der Waals surface area contributed by atoms with Crippen molar-refractivity contribution in [1.29, 1.82) is 0 Å². The van der Waals surface area contributed by atoms with Crippen molar-refractivity contribution in [2.45, 2.75) is 33.2 Å². The molecule has 0 radical (unpaired) electrons. The van der Waals surface area contributed by atoms with E-state index < -0.39 is 0 Å². The van der Waals surface area contributed by atoms with E-state index in [1.165, 1.54) is 6.07 Å². The van der Waals surface area contributed by atoms with Gasteiger partial charge in [0.15, 0.2) is 0 Å². The van der Waals surface area contributed by atoms with Crippen LogP contribution in [0, 0.1) is 5.92 Å². The van der Waals surface area contributed by atoms with Gasteiger partial charge in [0, 0.05) is 11.6 Å².